The zero-order chi connectivity index (χ0) is 22.6. The molecule has 0 atom stereocenters. The molecule has 31 heavy (non-hydrogen) atoms. The topological polar surface area (TPSA) is 81.0 Å². The van der Waals surface area contributed by atoms with E-state index in [2.05, 4.69) is 4.99 Å². The van der Waals surface area contributed by atoms with E-state index >= 15 is 0 Å². The quantitative estimate of drug-likeness (QED) is 0.510. The molecule has 1 heterocycles. The van der Waals surface area contributed by atoms with Crippen molar-refractivity contribution in [1.29, 1.82) is 0 Å². The van der Waals surface area contributed by atoms with Crippen LogP contribution in [0.25, 0.3) is 10.2 Å². The van der Waals surface area contributed by atoms with Crippen molar-refractivity contribution in [3.05, 3.63) is 52.8 Å². The molecule has 2 aromatic carbocycles. The average Bonchev–Trinajstić information content (AvgIpc) is 3.12. The van der Waals surface area contributed by atoms with Crippen LogP contribution in [0.5, 0.6) is 5.75 Å². The Labute approximate surface area is 186 Å². The molecule has 0 N–H and O–H groups in total. The number of aromatic nitrogens is 1. The van der Waals surface area contributed by atoms with Crippen LogP contribution in [0.2, 0.25) is 0 Å². The van der Waals surface area contributed by atoms with Gasteiger partial charge in [-0.3, -0.25) is 4.79 Å². The third-order valence-corrected chi connectivity index (χ3v) is 8.03. The number of aryl methyl sites for hydroxylation is 1. The van der Waals surface area contributed by atoms with Crippen molar-refractivity contribution in [2.45, 2.75) is 39.1 Å². The van der Waals surface area contributed by atoms with Crippen LogP contribution in [-0.2, 0) is 16.6 Å². The summed E-state index contributed by atoms with van der Waals surface area (Å²) in [7, 11) is -3.57. The van der Waals surface area contributed by atoms with Crippen LogP contribution in [0.15, 0.2) is 52.4 Å². The summed E-state index contributed by atoms with van der Waals surface area (Å²) in [4.78, 5) is 17.9. The Morgan fingerprint density at radius 1 is 1.06 bits per heavy atom. The van der Waals surface area contributed by atoms with Crippen LogP contribution in [-0.4, -0.2) is 42.9 Å². The molecule has 0 aliphatic heterocycles. The highest BCUT2D eigenvalue weighted by Gasteiger charge is 2.21. The third kappa shape index (κ3) is 4.58. The predicted molar refractivity (Wildman–Crippen MR) is 123 cm³/mol. The number of fused-ring (bicyclic) bond motifs is 1. The standard InChI is InChI=1S/C22H27N3O4S2/c1-5-24(6-2)31(27,28)17-14-12-16(13-15-17)21(26)23-22-25(7-3)20-18(29-8-4)10-9-11-19(20)30-22/h9-15H,5-8H2,1-4H3. The third-order valence-electron chi connectivity index (χ3n) is 4.92. The Hall–Kier alpha value is -2.49. The van der Waals surface area contributed by atoms with Crippen molar-refractivity contribution in [1.82, 2.24) is 8.87 Å². The van der Waals surface area contributed by atoms with Crippen LogP contribution in [0.1, 0.15) is 38.1 Å². The van der Waals surface area contributed by atoms with Crippen molar-refractivity contribution >= 4 is 37.5 Å². The van der Waals surface area contributed by atoms with Gasteiger partial charge >= 0.3 is 0 Å². The number of nitrogens with zero attached hydrogens (tertiary/aromatic N) is 3. The lowest BCUT2D eigenvalue weighted by Gasteiger charge is -2.18. The Kier molecular flexibility index (Phi) is 7.30. The second-order valence-electron chi connectivity index (χ2n) is 6.70. The molecule has 0 saturated carbocycles. The first-order valence-corrected chi connectivity index (χ1v) is 12.6. The maximum Gasteiger partial charge on any atom is 0.279 e. The highest BCUT2D eigenvalue weighted by Crippen LogP contribution is 2.27. The molecule has 0 unspecified atom stereocenters. The minimum atomic E-state index is -3.57. The second-order valence-corrected chi connectivity index (χ2v) is 9.64. The molecule has 1 amide bonds. The fraction of sp³-hybridized carbons (Fsp3) is 0.364. The lowest BCUT2D eigenvalue weighted by Crippen LogP contribution is -2.30. The van der Waals surface area contributed by atoms with Crippen molar-refractivity contribution in [3.8, 4) is 5.75 Å². The van der Waals surface area contributed by atoms with Crippen molar-refractivity contribution in [2.24, 2.45) is 4.99 Å². The Morgan fingerprint density at radius 2 is 1.74 bits per heavy atom. The number of amides is 1. The summed E-state index contributed by atoms with van der Waals surface area (Å²) in [5.74, 6) is 0.344. The van der Waals surface area contributed by atoms with Crippen molar-refractivity contribution in [3.63, 3.8) is 0 Å². The number of ether oxygens (including phenoxy) is 1. The minimum absolute atomic E-state index is 0.166. The number of hydrogen-bond donors (Lipinski definition) is 0. The molecule has 0 fully saturated rings. The van der Waals surface area contributed by atoms with Gasteiger partial charge < -0.3 is 9.30 Å². The fourth-order valence-electron chi connectivity index (χ4n) is 3.38. The summed E-state index contributed by atoms with van der Waals surface area (Å²) in [6, 6.07) is 11.8. The molecular weight excluding hydrogens is 434 g/mol. The van der Waals surface area contributed by atoms with Gasteiger partial charge in [-0.1, -0.05) is 31.3 Å². The van der Waals surface area contributed by atoms with Crippen LogP contribution < -0.4 is 9.54 Å². The normalized spacial score (nSPS) is 12.6. The lowest BCUT2D eigenvalue weighted by atomic mass is 10.2. The van der Waals surface area contributed by atoms with Gasteiger partial charge in [0, 0.05) is 25.2 Å². The second kappa shape index (κ2) is 9.76. The Bertz CT molecular complexity index is 1240. The monoisotopic (exact) mass is 461 g/mol. The summed E-state index contributed by atoms with van der Waals surface area (Å²) in [6.07, 6.45) is 0. The molecule has 0 bridgehead atoms. The van der Waals surface area contributed by atoms with E-state index in [-0.39, 0.29) is 4.90 Å². The van der Waals surface area contributed by atoms with E-state index in [9.17, 15) is 13.2 Å². The van der Waals surface area contributed by atoms with Gasteiger partial charge in [-0.2, -0.15) is 9.30 Å². The number of para-hydroxylation sites is 1. The largest absolute Gasteiger partial charge is 0.492 e. The minimum Gasteiger partial charge on any atom is -0.492 e. The number of rotatable bonds is 8. The van der Waals surface area contributed by atoms with Crippen molar-refractivity contribution in [2.75, 3.05) is 19.7 Å². The fourth-order valence-corrected chi connectivity index (χ4v) is 5.95. The molecule has 0 saturated heterocycles. The number of hydrogen-bond acceptors (Lipinski definition) is 5. The molecule has 9 heteroatoms. The van der Waals surface area contributed by atoms with E-state index in [1.807, 2.05) is 36.6 Å². The molecule has 0 spiro atoms. The van der Waals surface area contributed by atoms with Gasteiger partial charge in [0.25, 0.3) is 5.91 Å². The van der Waals surface area contributed by atoms with Gasteiger partial charge in [-0.15, -0.1) is 0 Å². The maximum atomic E-state index is 12.8. The van der Waals surface area contributed by atoms with E-state index in [1.54, 1.807) is 13.8 Å². The smallest absolute Gasteiger partial charge is 0.279 e. The van der Waals surface area contributed by atoms with Gasteiger partial charge in [-0.05, 0) is 50.2 Å². The van der Waals surface area contributed by atoms with Crippen LogP contribution in [0.3, 0.4) is 0 Å². The van der Waals surface area contributed by atoms with Crippen LogP contribution >= 0.6 is 11.3 Å². The first-order chi connectivity index (χ1) is 14.9. The Balaban J connectivity index is 1.99. The van der Waals surface area contributed by atoms with Gasteiger partial charge in [0.1, 0.15) is 11.3 Å². The Morgan fingerprint density at radius 3 is 2.32 bits per heavy atom. The van der Waals surface area contributed by atoms with Gasteiger partial charge in [-0.25, -0.2) is 8.42 Å². The maximum absolute atomic E-state index is 12.8. The van der Waals surface area contributed by atoms with E-state index in [0.717, 1.165) is 16.0 Å². The lowest BCUT2D eigenvalue weighted by molar-refractivity contribution is 0.0997. The number of thiazole rings is 1. The highest BCUT2D eigenvalue weighted by atomic mass is 32.2. The number of carbonyl (C=O) groups excluding carboxylic acids is 1. The molecule has 1 aromatic heterocycles. The van der Waals surface area contributed by atoms with E-state index in [0.29, 0.717) is 36.6 Å². The summed E-state index contributed by atoms with van der Waals surface area (Å²) < 4.78 is 35.4. The van der Waals surface area contributed by atoms with E-state index < -0.39 is 15.9 Å². The first-order valence-electron chi connectivity index (χ1n) is 10.3. The molecule has 0 radical (unpaired) electrons. The molecule has 0 aliphatic carbocycles. The highest BCUT2D eigenvalue weighted by molar-refractivity contribution is 7.89. The zero-order valence-electron chi connectivity index (χ0n) is 18.2. The summed E-state index contributed by atoms with van der Waals surface area (Å²) in [6.45, 7) is 9.48. The molecule has 7 nitrogen and oxygen atoms in total. The molecule has 166 valence electrons. The summed E-state index contributed by atoms with van der Waals surface area (Å²) in [5.41, 5.74) is 1.26. The van der Waals surface area contributed by atoms with Crippen LogP contribution in [0.4, 0.5) is 0 Å². The number of benzene rings is 2. The zero-order valence-corrected chi connectivity index (χ0v) is 19.8. The molecule has 3 aromatic rings. The van der Waals surface area contributed by atoms with E-state index in [1.165, 1.54) is 39.9 Å². The van der Waals surface area contributed by atoms with Crippen LogP contribution in [0, 0.1) is 0 Å². The summed E-state index contributed by atoms with van der Waals surface area (Å²) >= 11 is 1.42. The van der Waals surface area contributed by atoms with Gasteiger partial charge in [0.05, 0.1) is 16.2 Å². The SMILES string of the molecule is CCOc1cccc2sc(=NC(=O)c3ccc(S(=O)(=O)N(CC)CC)cc3)n(CC)c12. The molecular formula is C22H27N3O4S2. The summed E-state index contributed by atoms with van der Waals surface area (Å²) in [5, 5.41) is 0. The molecule has 0 aliphatic rings. The van der Waals surface area contributed by atoms with Gasteiger partial charge in [0.2, 0.25) is 10.0 Å². The predicted octanol–water partition coefficient (Wildman–Crippen LogP) is 3.89. The average molecular weight is 462 g/mol. The number of carbonyl (C=O) groups is 1. The number of sulfonamides is 1. The molecule has 3 rings (SSSR count). The first kappa shape index (κ1) is 23.2. The van der Waals surface area contributed by atoms with Gasteiger partial charge in [0.15, 0.2) is 4.80 Å². The van der Waals surface area contributed by atoms with Crippen molar-refractivity contribution < 1.29 is 17.9 Å². The van der Waals surface area contributed by atoms with E-state index in [4.69, 9.17) is 4.74 Å².